The Labute approximate surface area is 231 Å². The average molecular weight is 578 g/mol. The predicted molar refractivity (Wildman–Crippen MR) is 160 cm³/mol. The fraction of sp³-hybridized carbons (Fsp3) is 0.281. The van der Waals surface area contributed by atoms with Gasteiger partial charge in [-0.05, 0) is 46.5 Å². The number of hydrogen-bond acceptors (Lipinski definition) is 3. The summed E-state index contributed by atoms with van der Waals surface area (Å²) in [5.41, 5.74) is 4.43. The minimum absolute atomic E-state index is 0.0327. The molecule has 194 valence electrons. The van der Waals surface area contributed by atoms with Crippen molar-refractivity contribution in [1.29, 1.82) is 0 Å². The molecule has 0 fully saturated rings. The molecule has 0 spiro atoms. The fourth-order valence-corrected chi connectivity index (χ4v) is 5.71. The largest absolute Gasteiger partial charge is 0.466 e. The Balaban J connectivity index is 2.31. The molecule has 3 nitrogen and oxygen atoms in total. The van der Waals surface area contributed by atoms with E-state index in [-0.39, 0.29) is 5.04 Å². The summed E-state index contributed by atoms with van der Waals surface area (Å²) in [5, 5.41) is -0.0327. The highest BCUT2D eigenvalue weighted by molar-refractivity contribution is 9.10. The van der Waals surface area contributed by atoms with Crippen LogP contribution in [-0.4, -0.2) is 21.4 Å². The van der Waals surface area contributed by atoms with Gasteiger partial charge >= 0.3 is 5.97 Å². The average Bonchev–Trinajstić information content (AvgIpc) is 2.88. The summed E-state index contributed by atoms with van der Waals surface area (Å²) in [6.45, 7) is 15.3. The van der Waals surface area contributed by atoms with Gasteiger partial charge in [0.25, 0.3) is 0 Å². The second-order valence-corrected chi connectivity index (χ2v) is 16.3. The monoisotopic (exact) mass is 576 g/mol. The first kappa shape index (κ1) is 28.8. The Kier molecular flexibility index (Phi) is 9.51. The van der Waals surface area contributed by atoms with E-state index in [1.807, 2.05) is 54.6 Å². The van der Waals surface area contributed by atoms with Crippen molar-refractivity contribution in [2.24, 2.45) is 5.92 Å². The van der Waals surface area contributed by atoms with Crippen molar-refractivity contribution < 1.29 is 14.0 Å². The Morgan fingerprint density at radius 1 is 0.892 bits per heavy atom. The Bertz CT molecular complexity index is 1200. The summed E-state index contributed by atoms with van der Waals surface area (Å²) < 4.78 is 13.2. The molecule has 0 amide bonds. The van der Waals surface area contributed by atoms with E-state index in [2.05, 4.69) is 92.8 Å². The van der Waals surface area contributed by atoms with Crippen LogP contribution in [0.3, 0.4) is 0 Å². The van der Waals surface area contributed by atoms with Gasteiger partial charge in [-0.3, -0.25) is 0 Å². The molecule has 0 saturated carbocycles. The number of halogens is 1. The lowest BCUT2D eigenvalue weighted by Crippen LogP contribution is -2.43. The van der Waals surface area contributed by atoms with Crippen molar-refractivity contribution in [3.05, 3.63) is 124 Å². The minimum atomic E-state index is -2.28. The summed E-state index contributed by atoms with van der Waals surface area (Å²) >= 11 is 3.75. The van der Waals surface area contributed by atoms with Crippen LogP contribution < -0.4 is 0 Å². The first-order valence-electron chi connectivity index (χ1n) is 12.5. The van der Waals surface area contributed by atoms with E-state index in [9.17, 15) is 4.79 Å². The summed E-state index contributed by atoms with van der Waals surface area (Å²) in [7, 11) is -0.886. The highest BCUT2D eigenvalue weighted by atomic mass is 79.9. The van der Waals surface area contributed by atoms with Crippen LogP contribution in [-0.2, 0) is 14.0 Å². The number of benzene rings is 3. The number of hydrogen-bond donors (Lipinski definition) is 0. The van der Waals surface area contributed by atoms with Gasteiger partial charge < -0.3 is 9.16 Å². The van der Waals surface area contributed by atoms with E-state index in [0.29, 0.717) is 5.57 Å². The molecule has 3 aromatic rings. The van der Waals surface area contributed by atoms with Crippen LogP contribution in [0.15, 0.2) is 108 Å². The molecule has 3 aromatic carbocycles. The molecule has 37 heavy (non-hydrogen) atoms. The molecule has 0 aliphatic rings. The topological polar surface area (TPSA) is 35.5 Å². The smallest absolute Gasteiger partial charge is 0.333 e. The van der Waals surface area contributed by atoms with Gasteiger partial charge in [0.05, 0.1) is 13.2 Å². The molecule has 2 atom stereocenters. The molecule has 0 N–H and O–H groups in total. The van der Waals surface area contributed by atoms with Crippen molar-refractivity contribution in [2.75, 3.05) is 7.11 Å². The second kappa shape index (κ2) is 12.2. The number of carbonyl (C=O) groups is 1. The minimum Gasteiger partial charge on any atom is -0.466 e. The maximum Gasteiger partial charge on any atom is 0.333 e. The van der Waals surface area contributed by atoms with E-state index < -0.39 is 26.3 Å². The molecule has 3 rings (SSSR count). The van der Waals surface area contributed by atoms with E-state index >= 15 is 0 Å². The first-order chi connectivity index (χ1) is 17.5. The Morgan fingerprint density at radius 3 is 1.84 bits per heavy atom. The van der Waals surface area contributed by atoms with E-state index in [0.717, 1.165) is 26.7 Å². The number of rotatable bonds is 9. The maximum absolute atomic E-state index is 13.0. The zero-order valence-electron chi connectivity index (χ0n) is 22.6. The van der Waals surface area contributed by atoms with Crippen LogP contribution >= 0.6 is 15.9 Å². The molecule has 0 saturated heterocycles. The van der Waals surface area contributed by atoms with E-state index in [1.165, 1.54) is 7.11 Å². The van der Waals surface area contributed by atoms with Crippen molar-refractivity contribution in [3.8, 4) is 0 Å². The summed E-state index contributed by atoms with van der Waals surface area (Å²) in [5.74, 6) is -0.923. The molecule has 5 heteroatoms. The normalized spacial score (nSPS) is 13.4. The van der Waals surface area contributed by atoms with Crippen LogP contribution in [0.4, 0.5) is 0 Å². The zero-order chi connectivity index (χ0) is 27.2. The van der Waals surface area contributed by atoms with Gasteiger partial charge in [0, 0.05) is 16.0 Å². The van der Waals surface area contributed by atoms with Crippen molar-refractivity contribution >= 4 is 35.8 Å². The van der Waals surface area contributed by atoms with Gasteiger partial charge in [-0.1, -0.05) is 128 Å². The van der Waals surface area contributed by atoms with Crippen LogP contribution in [0.2, 0.25) is 18.1 Å². The molecular formula is C32H37BrO3Si. The van der Waals surface area contributed by atoms with Crippen LogP contribution in [0.25, 0.3) is 5.57 Å². The SMILES string of the molecule is C=C(C(=O)OC)C(C=C(c1ccccc1)c1ccccc1)C(O[Si](C)(C)C(C)(C)C)c1ccccc1Br. The number of ether oxygens (including phenoxy) is 1. The van der Waals surface area contributed by atoms with Gasteiger partial charge in [0.1, 0.15) is 0 Å². The van der Waals surface area contributed by atoms with E-state index in [4.69, 9.17) is 9.16 Å². The van der Waals surface area contributed by atoms with Crippen molar-refractivity contribution in [3.63, 3.8) is 0 Å². The third-order valence-corrected chi connectivity index (χ3v) is 12.3. The quantitative estimate of drug-likeness (QED) is 0.145. The third-order valence-electron chi connectivity index (χ3n) is 7.13. The van der Waals surface area contributed by atoms with Crippen LogP contribution in [0.1, 0.15) is 43.6 Å². The highest BCUT2D eigenvalue weighted by Crippen LogP contribution is 2.45. The molecular weight excluding hydrogens is 540 g/mol. The van der Waals surface area contributed by atoms with E-state index in [1.54, 1.807) is 0 Å². The molecule has 0 aliphatic heterocycles. The lowest BCUT2D eigenvalue weighted by Gasteiger charge is -2.41. The van der Waals surface area contributed by atoms with Gasteiger partial charge in [0.2, 0.25) is 0 Å². The molecule has 0 bridgehead atoms. The Morgan fingerprint density at radius 2 is 1.38 bits per heavy atom. The maximum atomic E-state index is 13.0. The van der Waals surface area contributed by atoms with Crippen LogP contribution in [0, 0.1) is 5.92 Å². The standard InChI is InChI=1S/C32H37BrO3Si/c1-23(31(34)35-5)27(22-28(24-16-10-8-11-17-24)25-18-12-9-13-19-25)30(26-20-14-15-21-29(26)33)36-37(6,7)32(2,3)4/h8-22,27,30H,1H2,2-7H3. The first-order valence-corrected chi connectivity index (χ1v) is 16.2. The Hall–Kier alpha value is -2.73. The number of methoxy groups -OCH3 is 1. The summed E-state index contributed by atoms with van der Waals surface area (Å²) in [4.78, 5) is 13.0. The van der Waals surface area contributed by atoms with Crippen molar-refractivity contribution in [1.82, 2.24) is 0 Å². The lowest BCUT2D eigenvalue weighted by atomic mass is 9.85. The summed E-state index contributed by atoms with van der Waals surface area (Å²) in [6.07, 6.45) is 1.67. The summed E-state index contributed by atoms with van der Waals surface area (Å²) in [6, 6.07) is 28.5. The second-order valence-electron chi connectivity index (χ2n) is 10.7. The zero-order valence-corrected chi connectivity index (χ0v) is 25.2. The predicted octanol–water partition coefficient (Wildman–Crippen LogP) is 8.99. The molecule has 0 radical (unpaired) electrons. The molecule has 0 aliphatic carbocycles. The molecule has 0 heterocycles. The van der Waals surface area contributed by atoms with Crippen molar-refractivity contribution in [2.45, 2.75) is 45.0 Å². The fourth-order valence-electron chi connectivity index (χ4n) is 3.94. The number of carbonyl (C=O) groups excluding carboxylic acids is 1. The van der Waals surface area contributed by atoms with Gasteiger partial charge in [-0.15, -0.1) is 0 Å². The van der Waals surface area contributed by atoms with Crippen LogP contribution in [0.5, 0.6) is 0 Å². The van der Waals surface area contributed by atoms with Gasteiger partial charge in [-0.2, -0.15) is 0 Å². The van der Waals surface area contributed by atoms with Gasteiger partial charge in [0.15, 0.2) is 8.32 Å². The third kappa shape index (κ3) is 6.98. The molecule has 0 aromatic heterocycles. The van der Waals surface area contributed by atoms with Gasteiger partial charge in [-0.25, -0.2) is 4.79 Å². The number of esters is 1. The highest BCUT2D eigenvalue weighted by Gasteiger charge is 2.42. The lowest BCUT2D eigenvalue weighted by molar-refractivity contribution is -0.136. The molecule has 2 unspecified atom stereocenters.